The first-order valence-corrected chi connectivity index (χ1v) is 7.14. The SMILES string of the molecule is OC(c1cccc(OC2CC2)c1)c1ccc2c(c1)OCO2. The highest BCUT2D eigenvalue weighted by atomic mass is 16.7. The van der Waals surface area contributed by atoms with Crippen LogP contribution in [0.4, 0.5) is 0 Å². The van der Waals surface area contributed by atoms with Crippen molar-refractivity contribution in [2.45, 2.75) is 25.0 Å². The maximum Gasteiger partial charge on any atom is 0.231 e. The predicted octanol–water partition coefficient (Wildman–Crippen LogP) is 3.04. The van der Waals surface area contributed by atoms with Crippen LogP contribution in [0.25, 0.3) is 0 Å². The molecule has 4 nitrogen and oxygen atoms in total. The number of benzene rings is 2. The molecule has 1 unspecified atom stereocenters. The van der Waals surface area contributed by atoms with Crippen molar-refractivity contribution in [3.63, 3.8) is 0 Å². The third-order valence-corrected chi connectivity index (χ3v) is 3.71. The van der Waals surface area contributed by atoms with Gasteiger partial charge in [0.2, 0.25) is 6.79 Å². The van der Waals surface area contributed by atoms with Crippen LogP contribution in [0.5, 0.6) is 17.2 Å². The van der Waals surface area contributed by atoms with Gasteiger partial charge < -0.3 is 19.3 Å². The lowest BCUT2D eigenvalue weighted by Crippen LogP contribution is -2.01. The Bertz CT molecular complexity index is 664. The molecule has 0 spiro atoms. The molecule has 2 aromatic rings. The van der Waals surface area contributed by atoms with Crippen LogP contribution in [0.1, 0.15) is 30.1 Å². The highest BCUT2D eigenvalue weighted by Gasteiger charge is 2.24. The molecular formula is C17H16O4. The minimum absolute atomic E-state index is 0.236. The Labute approximate surface area is 122 Å². The molecule has 1 aliphatic carbocycles. The summed E-state index contributed by atoms with van der Waals surface area (Å²) < 4.78 is 16.4. The van der Waals surface area contributed by atoms with Gasteiger partial charge >= 0.3 is 0 Å². The van der Waals surface area contributed by atoms with Gasteiger partial charge in [-0.3, -0.25) is 0 Å². The minimum Gasteiger partial charge on any atom is -0.490 e. The van der Waals surface area contributed by atoms with E-state index in [-0.39, 0.29) is 6.79 Å². The Morgan fingerprint density at radius 3 is 2.67 bits per heavy atom. The molecule has 1 N–H and O–H groups in total. The fourth-order valence-electron chi connectivity index (χ4n) is 2.41. The van der Waals surface area contributed by atoms with E-state index in [4.69, 9.17) is 14.2 Å². The van der Waals surface area contributed by atoms with Crippen LogP contribution in [0.2, 0.25) is 0 Å². The molecule has 1 saturated carbocycles. The topological polar surface area (TPSA) is 47.9 Å². The summed E-state index contributed by atoms with van der Waals surface area (Å²) in [5.74, 6) is 2.21. The quantitative estimate of drug-likeness (QED) is 0.937. The molecular weight excluding hydrogens is 268 g/mol. The van der Waals surface area contributed by atoms with Crippen molar-refractivity contribution in [2.24, 2.45) is 0 Å². The maximum absolute atomic E-state index is 10.5. The largest absolute Gasteiger partial charge is 0.490 e. The summed E-state index contributed by atoms with van der Waals surface area (Å²) in [5.41, 5.74) is 1.59. The lowest BCUT2D eigenvalue weighted by Gasteiger charge is -2.13. The fourth-order valence-corrected chi connectivity index (χ4v) is 2.41. The van der Waals surface area contributed by atoms with Crippen molar-refractivity contribution >= 4 is 0 Å². The molecule has 0 bridgehead atoms. The lowest BCUT2D eigenvalue weighted by molar-refractivity contribution is 0.173. The van der Waals surface area contributed by atoms with E-state index in [2.05, 4.69) is 0 Å². The second kappa shape index (κ2) is 4.97. The molecule has 1 atom stereocenters. The van der Waals surface area contributed by atoms with Crippen LogP contribution in [-0.4, -0.2) is 18.0 Å². The summed E-state index contributed by atoms with van der Waals surface area (Å²) >= 11 is 0. The number of hydrogen-bond donors (Lipinski definition) is 1. The van der Waals surface area contributed by atoms with E-state index in [1.54, 1.807) is 0 Å². The van der Waals surface area contributed by atoms with Crippen LogP contribution in [-0.2, 0) is 0 Å². The van der Waals surface area contributed by atoms with Gasteiger partial charge in [-0.2, -0.15) is 0 Å². The smallest absolute Gasteiger partial charge is 0.231 e. The maximum atomic E-state index is 10.5. The molecule has 0 aromatic heterocycles. The minimum atomic E-state index is -0.706. The molecule has 0 radical (unpaired) electrons. The monoisotopic (exact) mass is 284 g/mol. The zero-order chi connectivity index (χ0) is 14.2. The molecule has 2 aliphatic rings. The van der Waals surface area contributed by atoms with Gasteiger partial charge in [0.25, 0.3) is 0 Å². The number of hydrogen-bond acceptors (Lipinski definition) is 4. The second-order valence-electron chi connectivity index (χ2n) is 5.40. The third-order valence-electron chi connectivity index (χ3n) is 3.71. The van der Waals surface area contributed by atoms with Crippen LogP contribution >= 0.6 is 0 Å². The molecule has 4 heteroatoms. The first-order chi connectivity index (χ1) is 10.3. The van der Waals surface area contributed by atoms with Crippen molar-refractivity contribution in [1.29, 1.82) is 0 Å². The van der Waals surface area contributed by atoms with E-state index < -0.39 is 6.10 Å². The Morgan fingerprint density at radius 2 is 1.81 bits per heavy atom. The number of ether oxygens (including phenoxy) is 3. The number of aliphatic hydroxyl groups excluding tert-OH is 1. The average molecular weight is 284 g/mol. The standard InChI is InChI=1S/C17H16O4/c18-17(12-4-7-15-16(9-12)20-10-19-15)11-2-1-3-14(8-11)21-13-5-6-13/h1-4,7-9,13,17-18H,5-6,10H2. The molecule has 21 heavy (non-hydrogen) atoms. The molecule has 0 amide bonds. The predicted molar refractivity (Wildman–Crippen MR) is 76.7 cm³/mol. The van der Waals surface area contributed by atoms with Crippen LogP contribution in [0.3, 0.4) is 0 Å². The van der Waals surface area contributed by atoms with Gasteiger partial charge in [-0.15, -0.1) is 0 Å². The second-order valence-corrected chi connectivity index (χ2v) is 5.40. The Kier molecular flexibility index (Phi) is 2.97. The average Bonchev–Trinajstić information content (AvgIpc) is 3.20. The number of aliphatic hydroxyl groups is 1. The van der Waals surface area contributed by atoms with Gasteiger partial charge in [0, 0.05) is 0 Å². The summed E-state index contributed by atoms with van der Waals surface area (Å²) in [5, 5.41) is 10.5. The lowest BCUT2D eigenvalue weighted by atomic mass is 10.0. The van der Waals surface area contributed by atoms with E-state index in [0.717, 1.165) is 35.5 Å². The van der Waals surface area contributed by atoms with Crippen molar-refractivity contribution in [1.82, 2.24) is 0 Å². The van der Waals surface area contributed by atoms with Gasteiger partial charge in [-0.05, 0) is 48.2 Å². The third kappa shape index (κ3) is 2.54. The zero-order valence-electron chi connectivity index (χ0n) is 11.5. The normalized spacial score (nSPS) is 17.6. The van der Waals surface area contributed by atoms with Crippen LogP contribution < -0.4 is 14.2 Å². The van der Waals surface area contributed by atoms with Crippen molar-refractivity contribution < 1.29 is 19.3 Å². The van der Waals surface area contributed by atoms with E-state index in [9.17, 15) is 5.11 Å². The summed E-state index contributed by atoms with van der Waals surface area (Å²) in [7, 11) is 0. The summed E-state index contributed by atoms with van der Waals surface area (Å²) in [6, 6.07) is 13.1. The summed E-state index contributed by atoms with van der Waals surface area (Å²) in [6.07, 6.45) is 1.88. The van der Waals surface area contributed by atoms with Crippen molar-refractivity contribution in [2.75, 3.05) is 6.79 Å². The molecule has 4 rings (SSSR count). The highest BCUT2D eigenvalue weighted by molar-refractivity contribution is 5.47. The van der Waals surface area contributed by atoms with Gasteiger partial charge in [0.15, 0.2) is 11.5 Å². The van der Waals surface area contributed by atoms with E-state index >= 15 is 0 Å². The van der Waals surface area contributed by atoms with Gasteiger partial charge in [0.1, 0.15) is 11.9 Å². The first kappa shape index (κ1) is 12.5. The Morgan fingerprint density at radius 1 is 1.00 bits per heavy atom. The van der Waals surface area contributed by atoms with Crippen molar-refractivity contribution in [3.05, 3.63) is 53.6 Å². The Hall–Kier alpha value is -2.20. The van der Waals surface area contributed by atoms with E-state index in [1.807, 2.05) is 42.5 Å². The molecule has 1 aliphatic heterocycles. The van der Waals surface area contributed by atoms with Crippen molar-refractivity contribution in [3.8, 4) is 17.2 Å². The fraction of sp³-hybridized carbons (Fsp3) is 0.294. The summed E-state index contributed by atoms with van der Waals surface area (Å²) in [4.78, 5) is 0. The van der Waals surface area contributed by atoms with Crippen LogP contribution in [0.15, 0.2) is 42.5 Å². The van der Waals surface area contributed by atoms with Gasteiger partial charge in [0.05, 0.1) is 6.10 Å². The van der Waals surface area contributed by atoms with Gasteiger partial charge in [-0.25, -0.2) is 0 Å². The molecule has 1 heterocycles. The first-order valence-electron chi connectivity index (χ1n) is 7.14. The zero-order valence-corrected chi connectivity index (χ0v) is 11.5. The highest BCUT2D eigenvalue weighted by Crippen LogP contribution is 2.36. The number of rotatable bonds is 4. The molecule has 1 fully saturated rings. The van der Waals surface area contributed by atoms with E-state index in [0.29, 0.717) is 11.9 Å². The summed E-state index contributed by atoms with van der Waals surface area (Å²) in [6.45, 7) is 0.236. The molecule has 0 saturated heterocycles. The van der Waals surface area contributed by atoms with E-state index in [1.165, 1.54) is 0 Å². The number of fused-ring (bicyclic) bond motifs is 1. The Balaban J connectivity index is 1.59. The van der Waals surface area contributed by atoms with Gasteiger partial charge in [-0.1, -0.05) is 18.2 Å². The molecule has 108 valence electrons. The van der Waals surface area contributed by atoms with Crippen LogP contribution in [0, 0.1) is 0 Å². The molecule has 2 aromatic carbocycles.